The van der Waals surface area contributed by atoms with Crippen LogP contribution in [0, 0.1) is 5.92 Å². The number of hydrogen-bond acceptors (Lipinski definition) is 7. The Kier molecular flexibility index (Phi) is 5.42. The fraction of sp³-hybridized carbons (Fsp3) is 0.350. The van der Waals surface area contributed by atoms with Gasteiger partial charge in [-0.3, -0.25) is 9.59 Å². The average Bonchev–Trinajstić information content (AvgIpc) is 3.28. The molecule has 1 saturated heterocycles. The van der Waals surface area contributed by atoms with Crippen LogP contribution in [0.5, 0.6) is 0 Å². The summed E-state index contributed by atoms with van der Waals surface area (Å²) in [7, 11) is 3.92. The molecule has 3 N–H and O–H groups in total. The standard InChI is InChI=1S/C20H23N5O2S2/c1-24(2)20-23-19-16(29-20)11-15(28-19)18(27)22-13-5-3-4-6-14(13)25-9-7-12(8-10-25)17(21)26/h3-6,11-12H,7-10H2,1-2H3,(H2,21,26)(H,22,27). The highest BCUT2D eigenvalue weighted by Crippen LogP contribution is 2.35. The minimum atomic E-state index is -0.227. The van der Waals surface area contributed by atoms with Crippen LogP contribution in [0.3, 0.4) is 0 Å². The van der Waals surface area contributed by atoms with Crippen LogP contribution >= 0.6 is 22.7 Å². The summed E-state index contributed by atoms with van der Waals surface area (Å²) in [5, 5.41) is 3.98. The lowest BCUT2D eigenvalue weighted by atomic mass is 9.96. The molecule has 0 unspecified atom stereocenters. The number of rotatable bonds is 5. The number of nitrogens with two attached hydrogens (primary N) is 1. The molecular weight excluding hydrogens is 406 g/mol. The molecule has 2 amide bonds. The molecule has 0 saturated carbocycles. The Balaban J connectivity index is 1.50. The van der Waals surface area contributed by atoms with Crippen molar-refractivity contribution in [3.05, 3.63) is 35.2 Å². The number of thiazole rings is 1. The molecule has 0 bridgehead atoms. The van der Waals surface area contributed by atoms with Crippen molar-refractivity contribution in [2.75, 3.05) is 42.3 Å². The van der Waals surface area contributed by atoms with Crippen molar-refractivity contribution >= 4 is 60.5 Å². The Morgan fingerprint density at radius 2 is 1.93 bits per heavy atom. The van der Waals surface area contributed by atoms with Gasteiger partial charge in [0.2, 0.25) is 5.91 Å². The molecule has 152 valence electrons. The second-order valence-electron chi connectivity index (χ2n) is 7.31. The number of anilines is 3. The van der Waals surface area contributed by atoms with Gasteiger partial charge in [0.1, 0.15) is 4.83 Å². The highest BCUT2D eigenvalue weighted by atomic mass is 32.1. The van der Waals surface area contributed by atoms with Crippen LogP contribution in [-0.2, 0) is 4.79 Å². The second-order valence-corrected chi connectivity index (χ2v) is 9.35. The number of primary amides is 1. The van der Waals surface area contributed by atoms with Crippen molar-refractivity contribution in [1.82, 2.24) is 4.98 Å². The Hall–Kier alpha value is -2.65. The van der Waals surface area contributed by atoms with E-state index in [1.54, 1.807) is 11.3 Å². The lowest BCUT2D eigenvalue weighted by Crippen LogP contribution is -2.38. The molecule has 9 heteroatoms. The van der Waals surface area contributed by atoms with E-state index in [1.165, 1.54) is 11.3 Å². The summed E-state index contributed by atoms with van der Waals surface area (Å²) in [4.78, 5) is 34.5. The topological polar surface area (TPSA) is 91.6 Å². The summed E-state index contributed by atoms with van der Waals surface area (Å²) in [5.41, 5.74) is 7.18. The van der Waals surface area contributed by atoms with Crippen LogP contribution in [0.4, 0.5) is 16.5 Å². The zero-order valence-corrected chi connectivity index (χ0v) is 18.0. The number of carbonyl (C=O) groups is 2. The zero-order chi connectivity index (χ0) is 20.5. The molecule has 4 rings (SSSR count). The molecule has 0 aliphatic carbocycles. The number of amides is 2. The van der Waals surface area contributed by atoms with Crippen molar-refractivity contribution < 1.29 is 9.59 Å². The molecule has 1 aromatic carbocycles. The molecule has 1 aliphatic rings. The van der Waals surface area contributed by atoms with Crippen LogP contribution in [-0.4, -0.2) is 44.0 Å². The molecule has 0 atom stereocenters. The van der Waals surface area contributed by atoms with E-state index in [4.69, 9.17) is 5.73 Å². The van der Waals surface area contributed by atoms with Crippen LogP contribution in [0.25, 0.3) is 9.53 Å². The SMILES string of the molecule is CN(C)c1nc2sc(C(=O)Nc3ccccc3N3CCC(C(N)=O)CC3)cc2s1. The molecule has 0 spiro atoms. The molecule has 7 nitrogen and oxygen atoms in total. The number of nitrogens with one attached hydrogen (secondary N) is 1. The van der Waals surface area contributed by atoms with Gasteiger partial charge < -0.3 is 20.9 Å². The van der Waals surface area contributed by atoms with Crippen molar-refractivity contribution in [1.29, 1.82) is 0 Å². The van der Waals surface area contributed by atoms with E-state index in [0.29, 0.717) is 4.88 Å². The first-order valence-corrected chi connectivity index (χ1v) is 11.1. The van der Waals surface area contributed by atoms with Gasteiger partial charge in [0.15, 0.2) is 5.13 Å². The third-order valence-corrected chi connectivity index (χ3v) is 7.40. The predicted molar refractivity (Wildman–Crippen MR) is 120 cm³/mol. The average molecular weight is 430 g/mol. The summed E-state index contributed by atoms with van der Waals surface area (Å²) in [6.45, 7) is 1.49. The normalized spacial score (nSPS) is 14.9. The van der Waals surface area contributed by atoms with Crippen LogP contribution in [0.2, 0.25) is 0 Å². The second kappa shape index (κ2) is 8.00. The first kappa shape index (κ1) is 19.7. The summed E-state index contributed by atoms with van der Waals surface area (Å²) in [6.07, 6.45) is 1.47. The number of nitrogens with zero attached hydrogens (tertiary/aromatic N) is 3. The number of thiophene rings is 1. The monoisotopic (exact) mass is 429 g/mol. The van der Waals surface area contributed by atoms with Crippen molar-refractivity contribution in [2.24, 2.45) is 11.7 Å². The van der Waals surface area contributed by atoms with Crippen LogP contribution in [0.1, 0.15) is 22.5 Å². The Bertz CT molecular complexity index is 1020. The van der Waals surface area contributed by atoms with E-state index in [1.807, 2.05) is 49.3 Å². The number of piperidine rings is 1. The van der Waals surface area contributed by atoms with E-state index in [9.17, 15) is 9.59 Å². The molecule has 3 aromatic rings. The van der Waals surface area contributed by atoms with Gasteiger partial charge in [-0.05, 0) is 31.0 Å². The summed E-state index contributed by atoms with van der Waals surface area (Å²) in [6, 6.07) is 9.68. The molecular formula is C20H23N5O2S2. The highest BCUT2D eigenvalue weighted by Gasteiger charge is 2.25. The number of fused-ring (bicyclic) bond motifs is 1. The van der Waals surface area contributed by atoms with Gasteiger partial charge in [0.25, 0.3) is 5.91 Å². The van der Waals surface area contributed by atoms with Gasteiger partial charge in [0, 0.05) is 33.1 Å². The van der Waals surface area contributed by atoms with E-state index in [0.717, 1.165) is 52.0 Å². The highest BCUT2D eigenvalue weighted by molar-refractivity contribution is 7.29. The van der Waals surface area contributed by atoms with Gasteiger partial charge >= 0.3 is 0 Å². The Morgan fingerprint density at radius 3 is 2.59 bits per heavy atom. The minimum Gasteiger partial charge on any atom is -0.370 e. The largest absolute Gasteiger partial charge is 0.370 e. The lowest BCUT2D eigenvalue weighted by Gasteiger charge is -2.33. The zero-order valence-electron chi connectivity index (χ0n) is 16.3. The lowest BCUT2D eigenvalue weighted by molar-refractivity contribution is -0.122. The Labute approximate surface area is 177 Å². The van der Waals surface area contributed by atoms with Crippen molar-refractivity contribution in [3.63, 3.8) is 0 Å². The number of benzene rings is 1. The van der Waals surface area contributed by atoms with E-state index >= 15 is 0 Å². The third-order valence-electron chi connectivity index (χ3n) is 5.07. The van der Waals surface area contributed by atoms with Crippen molar-refractivity contribution in [3.8, 4) is 0 Å². The van der Waals surface area contributed by atoms with Gasteiger partial charge in [-0.2, -0.15) is 0 Å². The van der Waals surface area contributed by atoms with E-state index in [-0.39, 0.29) is 17.7 Å². The van der Waals surface area contributed by atoms with Gasteiger partial charge in [-0.15, -0.1) is 11.3 Å². The van der Waals surface area contributed by atoms with Crippen LogP contribution in [0.15, 0.2) is 30.3 Å². The fourth-order valence-electron chi connectivity index (χ4n) is 3.47. The quantitative estimate of drug-likeness (QED) is 0.649. The summed E-state index contributed by atoms with van der Waals surface area (Å²) < 4.78 is 1.02. The molecule has 2 aromatic heterocycles. The molecule has 3 heterocycles. The smallest absolute Gasteiger partial charge is 0.265 e. The molecule has 29 heavy (non-hydrogen) atoms. The number of para-hydroxylation sites is 2. The third kappa shape index (κ3) is 4.06. The fourth-order valence-corrected chi connectivity index (χ4v) is 5.50. The molecule has 1 aliphatic heterocycles. The maximum absolute atomic E-state index is 12.9. The molecule has 1 fully saturated rings. The predicted octanol–water partition coefficient (Wildman–Crippen LogP) is 3.38. The molecule has 0 radical (unpaired) electrons. The first-order chi connectivity index (χ1) is 13.9. The van der Waals surface area contributed by atoms with E-state index in [2.05, 4.69) is 15.2 Å². The number of hydrogen-bond donors (Lipinski definition) is 2. The number of carbonyl (C=O) groups excluding carboxylic acids is 2. The summed E-state index contributed by atoms with van der Waals surface area (Å²) in [5.74, 6) is -0.423. The van der Waals surface area contributed by atoms with Gasteiger partial charge in [-0.1, -0.05) is 23.5 Å². The number of aromatic nitrogens is 1. The van der Waals surface area contributed by atoms with E-state index < -0.39 is 0 Å². The summed E-state index contributed by atoms with van der Waals surface area (Å²) >= 11 is 2.98. The van der Waals surface area contributed by atoms with Crippen molar-refractivity contribution in [2.45, 2.75) is 12.8 Å². The maximum Gasteiger partial charge on any atom is 0.265 e. The first-order valence-electron chi connectivity index (χ1n) is 9.44. The maximum atomic E-state index is 12.9. The minimum absolute atomic E-state index is 0.0633. The van der Waals surface area contributed by atoms with Crippen LogP contribution < -0.4 is 20.9 Å². The van der Waals surface area contributed by atoms with Gasteiger partial charge in [-0.25, -0.2) is 4.98 Å². The van der Waals surface area contributed by atoms with Gasteiger partial charge in [0.05, 0.1) is 21.0 Å². The Morgan fingerprint density at radius 1 is 1.21 bits per heavy atom.